The molecule has 0 atom stereocenters. The van der Waals surface area contributed by atoms with Crippen LogP contribution in [0.3, 0.4) is 0 Å². The van der Waals surface area contributed by atoms with Crippen LogP contribution in [0, 0.1) is 0 Å². The third-order valence-electron chi connectivity index (χ3n) is 4.12. The Kier molecular flexibility index (Phi) is 7.61. The van der Waals surface area contributed by atoms with Crippen LogP contribution in [0.2, 0.25) is 0 Å². The molecule has 0 saturated carbocycles. The van der Waals surface area contributed by atoms with Gasteiger partial charge in [-0.15, -0.1) is 0 Å². The Bertz CT molecular complexity index is 854. The lowest BCUT2D eigenvalue weighted by molar-refractivity contribution is -0.0525. The molecule has 3 aromatic rings. The van der Waals surface area contributed by atoms with Gasteiger partial charge in [0.1, 0.15) is 5.75 Å². The molecule has 0 aliphatic rings. The van der Waals surface area contributed by atoms with Crippen molar-refractivity contribution in [3.63, 3.8) is 0 Å². The Morgan fingerprint density at radius 3 is 2.00 bits per heavy atom. The lowest BCUT2D eigenvalue weighted by Gasteiger charge is -2.12. The summed E-state index contributed by atoms with van der Waals surface area (Å²) >= 11 is 0. The molecule has 0 radical (unpaired) electrons. The van der Waals surface area contributed by atoms with Crippen LogP contribution in [-0.2, 0) is 18.9 Å². The van der Waals surface area contributed by atoms with Gasteiger partial charge in [0, 0.05) is 17.4 Å². The van der Waals surface area contributed by atoms with E-state index < -0.39 is 6.16 Å². The number of rotatable bonds is 10. The fourth-order valence-electron chi connectivity index (χ4n) is 2.83. The van der Waals surface area contributed by atoms with Crippen molar-refractivity contribution >= 4 is 27.7 Å². The number of benzene rings is 3. The molecule has 148 valence electrons. The number of fused-ring (bicyclic) bond motifs is 2. The van der Waals surface area contributed by atoms with Crippen molar-refractivity contribution in [2.45, 2.75) is 6.92 Å². The van der Waals surface area contributed by atoms with Crippen molar-refractivity contribution in [2.75, 3.05) is 39.8 Å². The fraction of sp³-hybridized carbons (Fsp3) is 0.318. The predicted octanol–water partition coefficient (Wildman–Crippen LogP) is 4.54. The Morgan fingerprint density at radius 1 is 0.786 bits per heavy atom. The van der Waals surface area contributed by atoms with E-state index in [1.54, 1.807) is 0 Å². The minimum atomic E-state index is -0.807. The second-order valence-electron chi connectivity index (χ2n) is 5.98. The highest BCUT2D eigenvalue weighted by atomic mass is 16.8. The van der Waals surface area contributed by atoms with Crippen molar-refractivity contribution in [3.05, 3.63) is 54.6 Å². The van der Waals surface area contributed by atoms with Gasteiger partial charge in [-0.25, -0.2) is 4.79 Å². The number of ether oxygens (including phenoxy) is 5. The second-order valence-corrected chi connectivity index (χ2v) is 5.98. The summed E-state index contributed by atoms with van der Waals surface area (Å²) in [5.74, 6) is 0.484. The maximum Gasteiger partial charge on any atom is 0.516 e. The molecule has 6 heteroatoms. The second kappa shape index (κ2) is 10.6. The van der Waals surface area contributed by atoms with Crippen LogP contribution in [0.5, 0.6) is 5.75 Å². The van der Waals surface area contributed by atoms with E-state index in [4.69, 9.17) is 23.7 Å². The summed E-state index contributed by atoms with van der Waals surface area (Å²) in [4.78, 5) is 12.1. The first-order valence-electron chi connectivity index (χ1n) is 9.28. The van der Waals surface area contributed by atoms with Gasteiger partial charge >= 0.3 is 6.16 Å². The largest absolute Gasteiger partial charge is 0.516 e. The standard InChI is InChI=1S/C22H24O6/c1-2-24-11-12-25-13-14-26-16-27-22(23)28-21-19-9-5-3-7-17(19)15-18-8-4-6-10-20(18)21/h3-10,15H,2,11-14,16H2,1H3. The number of hydrogen-bond acceptors (Lipinski definition) is 6. The lowest BCUT2D eigenvalue weighted by atomic mass is 10.0. The molecular formula is C22H24O6. The molecule has 0 fully saturated rings. The molecule has 0 N–H and O–H groups in total. The molecule has 0 aliphatic carbocycles. The zero-order valence-corrected chi connectivity index (χ0v) is 15.9. The van der Waals surface area contributed by atoms with Gasteiger partial charge in [0.05, 0.1) is 26.4 Å². The average molecular weight is 384 g/mol. The van der Waals surface area contributed by atoms with Gasteiger partial charge in [-0.3, -0.25) is 0 Å². The summed E-state index contributed by atoms with van der Waals surface area (Å²) < 4.78 is 26.3. The zero-order chi connectivity index (χ0) is 19.6. The van der Waals surface area contributed by atoms with E-state index in [-0.39, 0.29) is 6.79 Å². The van der Waals surface area contributed by atoms with Gasteiger partial charge in [-0.05, 0) is 23.8 Å². The molecular weight excluding hydrogens is 360 g/mol. The van der Waals surface area contributed by atoms with E-state index in [1.807, 2.05) is 55.5 Å². The van der Waals surface area contributed by atoms with Crippen LogP contribution in [0.4, 0.5) is 4.79 Å². The van der Waals surface area contributed by atoms with Gasteiger partial charge in [-0.1, -0.05) is 48.5 Å². The highest BCUT2D eigenvalue weighted by Crippen LogP contribution is 2.34. The van der Waals surface area contributed by atoms with E-state index >= 15 is 0 Å². The third kappa shape index (κ3) is 5.42. The van der Waals surface area contributed by atoms with Crippen LogP contribution in [-0.4, -0.2) is 46.0 Å². The minimum Gasteiger partial charge on any atom is -0.407 e. The smallest absolute Gasteiger partial charge is 0.407 e. The molecule has 6 nitrogen and oxygen atoms in total. The summed E-state index contributed by atoms with van der Waals surface area (Å²) in [7, 11) is 0. The monoisotopic (exact) mass is 384 g/mol. The fourth-order valence-corrected chi connectivity index (χ4v) is 2.83. The molecule has 0 aliphatic heterocycles. The molecule has 0 saturated heterocycles. The minimum absolute atomic E-state index is 0.198. The molecule has 3 rings (SSSR count). The molecule has 0 aromatic heterocycles. The van der Waals surface area contributed by atoms with E-state index in [9.17, 15) is 4.79 Å². The van der Waals surface area contributed by atoms with Crippen molar-refractivity contribution in [1.29, 1.82) is 0 Å². The van der Waals surface area contributed by atoms with E-state index in [1.165, 1.54) is 0 Å². The van der Waals surface area contributed by atoms with Crippen LogP contribution in [0.15, 0.2) is 54.6 Å². The van der Waals surface area contributed by atoms with Crippen molar-refractivity contribution in [2.24, 2.45) is 0 Å². The van der Waals surface area contributed by atoms with Crippen molar-refractivity contribution < 1.29 is 28.5 Å². The van der Waals surface area contributed by atoms with E-state index in [0.29, 0.717) is 38.8 Å². The van der Waals surface area contributed by atoms with Gasteiger partial charge in [-0.2, -0.15) is 0 Å². The third-order valence-corrected chi connectivity index (χ3v) is 4.12. The van der Waals surface area contributed by atoms with Crippen LogP contribution >= 0.6 is 0 Å². The first-order chi connectivity index (χ1) is 13.8. The summed E-state index contributed by atoms with van der Waals surface area (Å²) in [6, 6.07) is 17.6. The van der Waals surface area contributed by atoms with Crippen LogP contribution < -0.4 is 4.74 Å². The highest BCUT2D eigenvalue weighted by molar-refractivity contribution is 6.06. The quantitative estimate of drug-likeness (QED) is 0.168. The first kappa shape index (κ1) is 20.1. The van der Waals surface area contributed by atoms with Gasteiger partial charge in [0.15, 0.2) is 6.79 Å². The SMILES string of the molecule is CCOCCOCCOCOC(=O)Oc1c2ccccc2cc2ccccc12. The summed E-state index contributed by atoms with van der Waals surface area (Å²) in [5, 5.41) is 3.68. The lowest BCUT2D eigenvalue weighted by Crippen LogP contribution is -2.15. The Morgan fingerprint density at radius 2 is 1.36 bits per heavy atom. The van der Waals surface area contributed by atoms with Crippen LogP contribution in [0.25, 0.3) is 21.5 Å². The van der Waals surface area contributed by atoms with E-state index in [2.05, 4.69) is 6.07 Å². The first-order valence-corrected chi connectivity index (χ1v) is 9.28. The maximum absolute atomic E-state index is 12.1. The van der Waals surface area contributed by atoms with Gasteiger partial charge < -0.3 is 23.7 Å². The Balaban J connectivity index is 1.53. The Labute approximate surface area is 163 Å². The molecule has 0 heterocycles. The summed E-state index contributed by atoms with van der Waals surface area (Å²) in [5.41, 5.74) is 0. The number of carbonyl (C=O) groups excluding carboxylic acids is 1. The summed E-state index contributed by atoms with van der Waals surface area (Å²) in [6.45, 7) is 4.18. The molecule has 28 heavy (non-hydrogen) atoms. The average Bonchev–Trinajstić information content (AvgIpc) is 2.72. The molecule has 3 aromatic carbocycles. The van der Waals surface area contributed by atoms with Gasteiger partial charge in [0.25, 0.3) is 0 Å². The highest BCUT2D eigenvalue weighted by Gasteiger charge is 2.13. The number of hydrogen-bond donors (Lipinski definition) is 0. The molecule has 0 bridgehead atoms. The zero-order valence-electron chi connectivity index (χ0n) is 15.9. The predicted molar refractivity (Wildman–Crippen MR) is 107 cm³/mol. The maximum atomic E-state index is 12.1. The van der Waals surface area contributed by atoms with Gasteiger partial charge in [0.2, 0.25) is 0 Å². The van der Waals surface area contributed by atoms with Crippen molar-refractivity contribution in [3.8, 4) is 5.75 Å². The topological polar surface area (TPSA) is 63.2 Å². The molecule has 0 unspecified atom stereocenters. The summed E-state index contributed by atoms with van der Waals surface area (Å²) in [6.07, 6.45) is -0.807. The van der Waals surface area contributed by atoms with E-state index in [0.717, 1.165) is 21.5 Å². The van der Waals surface area contributed by atoms with Crippen LogP contribution in [0.1, 0.15) is 6.92 Å². The molecule has 0 amide bonds. The normalized spacial score (nSPS) is 11.0. The molecule has 0 spiro atoms. The Hall–Kier alpha value is -2.67. The number of carbonyl (C=O) groups is 1. The van der Waals surface area contributed by atoms with Crippen molar-refractivity contribution in [1.82, 2.24) is 0 Å².